The predicted molar refractivity (Wildman–Crippen MR) is 79.9 cm³/mol. The Labute approximate surface area is 124 Å². The first-order valence-electron chi connectivity index (χ1n) is 6.86. The minimum Gasteiger partial charge on any atom is -0.508 e. The molecule has 6 heteroatoms. The highest BCUT2D eigenvalue weighted by Gasteiger charge is 2.22. The highest BCUT2D eigenvalue weighted by Crippen LogP contribution is 2.11. The van der Waals surface area contributed by atoms with Crippen molar-refractivity contribution in [1.82, 2.24) is 5.32 Å². The van der Waals surface area contributed by atoms with Gasteiger partial charge in [0.2, 0.25) is 5.91 Å². The molecular weight excluding hydrogens is 272 g/mol. The van der Waals surface area contributed by atoms with Crippen LogP contribution in [-0.2, 0) is 16.0 Å². The van der Waals surface area contributed by atoms with Crippen molar-refractivity contribution < 1.29 is 19.7 Å². The topological polar surface area (TPSA) is 105 Å². The molecule has 0 fully saturated rings. The van der Waals surface area contributed by atoms with Gasteiger partial charge < -0.3 is 26.0 Å². The second-order valence-electron chi connectivity index (χ2n) is 5.43. The molecule has 21 heavy (non-hydrogen) atoms. The maximum Gasteiger partial charge on any atom is 0.237 e. The largest absolute Gasteiger partial charge is 0.508 e. The smallest absolute Gasteiger partial charge is 0.237 e. The van der Waals surface area contributed by atoms with E-state index in [-0.39, 0.29) is 18.2 Å². The monoisotopic (exact) mass is 296 g/mol. The van der Waals surface area contributed by atoms with E-state index in [2.05, 4.69) is 5.32 Å². The SMILES string of the molecule is COCCC(C)(O)CNC(=O)C(N)Cc1ccc(O)cc1. The lowest BCUT2D eigenvalue weighted by molar-refractivity contribution is -0.123. The van der Waals surface area contributed by atoms with Gasteiger partial charge in [-0.3, -0.25) is 4.79 Å². The van der Waals surface area contributed by atoms with Crippen LogP contribution >= 0.6 is 0 Å². The Balaban J connectivity index is 2.42. The van der Waals surface area contributed by atoms with Gasteiger partial charge in [-0.25, -0.2) is 0 Å². The molecule has 0 aliphatic rings. The maximum atomic E-state index is 11.9. The van der Waals surface area contributed by atoms with Gasteiger partial charge in [0, 0.05) is 26.7 Å². The first-order valence-corrected chi connectivity index (χ1v) is 6.86. The summed E-state index contributed by atoms with van der Waals surface area (Å²) in [6.45, 7) is 2.18. The van der Waals surface area contributed by atoms with Gasteiger partial charge in [0.15, 0.2) is 0 Å². The molecule has 0 radical (unpaired) electrons. The first kappa shape index (κ1) is 17.4. The minimum absolute atomic E-state index is 0.123. The molecule has 1 aromatic carbocycles. The molecule has 118 valence electrons. The zero-order valence-electron chi connectivity index (χ0n) is 12.5. The van der Waals surface area contributed by atoms with Crippen molar-refractivity contribution in [3.8, 4) is 5.75 Å². The summed E-state index contributed by atoms with van der Waals surface area (Å²) >= 11 is 0. The number of amides is 1. The Kier molecular flexibility index (Phi) is 6.61. The number of phenolic OH excluding ortho intramolecular Hbond substituents is 1. The second-order valence-corrected chi connectivity index (χ2v) is 5.43. The standard InChI is InChI=1S/C15H24N2O4/c1-15(20,7-8-21-2)10-17-14(19)13(16)9-11-3-5-12(18)6-4-11/h3-6,13,18,20H,7-10,16H2,1-2H3,(H,17,19). The Bertz CT molecular complexity index is 445. The van der Waals surface area contributed by atoms with Crippen LogP contribution in [-0.4, -0.2) is 48.0 Å². The van der Waals surface area contributed by atoms with Crippen LogP contribution in [0.4, 0.5) is 0 Å². The number of nitrogens with two attached hydrogens (primary N) is 1. The third-order valence-corrected chi connectivity index (χ3v) is 3.22. The van der Waals surface area contributed by atoms with Crippen molar-refractivity contribution in [3.05, 3.63) is 29.8 Å². The molecule has 0 spiro atoms. The lowest BCUT2D eigenvalue weighted by atomic mass is 10.0. The molecule has 6 nitrogen and oxygen atoms in total. The van der Waals surface area contributed by atoms with E-state index in [4.69, 9.17) is 10.5 Å². The van der Waals surface area contributed by atoms with Gasteiger partial charge in [0.05, 0.1) is 11.6 Å². The van der Waals surface area contributed by atoms with Crippen LogP contribution in [0.25, 0.3) is 0 Å². The fourth-order valence-electron chi connectivity index (χ4n) is 1.80. The summed E-state index contributed by atoms with van der Waals surface area (Å²) in [5.74, 6) is -0.147. The fourth-order valence-corrected chi connectivity index (χ4v) is 1.80. The highest BCUT2D eigenvalue weighted by atomic mass is 16.5. The van der Waals surface area contributed by atoms with Crippen LogP contribution in [0.15, 0.2) is 24.3 Å². The highest BCUT2D eigenvalue weighted by molar-refractivity contribution is 5.81. The third-order valence-electron chi connectivity index (χ3n) is 3.22. The number of hydrogen-bond donors (Lipinski definition) is 4. The van der Waals surface area contributed by atoms with Crippen LogP contribution in [0.3, 0.4) is 0 Å². The molecule has 0 aliphatic heterocycles. The Morgan fingerprint density at radius 2 is 2.05 bits per heavy atom. The number of methoxy groups -OCH3 is 1. The maximum absolute atomic E-state index is 11.9. The van der Waals surface area contributed by atoms with Crippen molar-refractivity contribution in [2.45, 2.75) is 31.4 Å². The summed E-state index contributed by atoms with van der Waals surface area (Å²) in [5, 5.41) is 21.9. The molecule has 0 saturated heterocycles. The molecule has 1 aromatic rings. The summed E-state index contributed by atoms with van der Waals surface area (Å²) in [7, 11) is 1.56. The van der Waals surface area contributed by atoms with Crippen LogP contribution in [0.5, 0.6) is 5.75 Å². The van der Waals surface area contributed by atoms with E-state index >= 15 is 0 Å². The zero-order valence-corrected chi connectivity index (χ0v) is 12.5. The Morgan fingerprint density at radius 3 is 2.62 bits per heavy atom. The van der Waals surface area contributed by atoms with E-state index in [9.17, 15) is 15.0 Å². The van der Waals surface area contributed by atoms with Crippen LogP contribution < -0.4 is 11.1 Å². The number of aliphatic hydroxyl groups is 1. The average Bonchev–Trinajstić information content (AvgIpc) is 2.45. The van der Waals surface area contributed by atoms with Crippen LogP contribution in [0, 0.1) is 0 Å². The zero-order chi connectivity index (χ0) is 15.9. The van der Waals surface area contributed by atoms with Crippen LogP contribution in [0.1, 0.15) is 18.9 Å². The molecule has 1 rings (SSSR count). The number of benzene rings is 1. The number of carbonyl (C=O) groups excluding carboxylic acids is 1. The third kappa shape index (κ3) is 6.57. The minimum atomic E-state index is -1.02. The number of phenols is 1. The number of carbonyl (C=O) groups is 1. The van der Waals surface area contributed by atoms with Crippen molar-refractivity contribution >= 4 is 5.91 Å². The number of rotatable bonds is 8. The number of hydrogen-bond acceptors (Lipinski definition) is 5. The van der Waals surface area contributed by atoms with E-state index in [0.29, 0.717) is 19.4 Å². The normalized spacial score (nSPS) is 15.2. The van der Waals surface area contributed by atoms with Gasteiger partial charge in [-0.2, -0.15) is 0 Å². The lowest BCUT2D eigenvalue weighted by Crippen LogP contribution is -2.48. The van der Waals surface area contributed by atoms with E-state index in [0.717, 1.165) is 5.56 Å². The van der Waals surface area contributed by atoms with Gasteiger partial charge in [0.25, 0.3) is 0 Å². The first-order chi connectivity index (χ1) is 9.84. The van der Waals surface area contributed by atoms with Crippen molar-refractivity contribution in [2.24, 2.45) is 5.73 Å². The summed E-state index contributed by atoms with van der Waals surface area (Å²) in [6, 6.07) is 5.84. The second kappa shape index (κ2) is 7.97. The molecule has 0 aromatic heterocycles. The van der Waals surface area contributed by atoms with E-state index in [1.165, 1.54) is 0 Å². The van der Waals surface area contributed by atoms with E-state index < -0.39 is 11.6 Å². The predicted octanol–water partition coefficient (Wildman–Crippen LogP) is 0.166. The van der Waals surface area contributed by atoms with Gasteiger partial charge in [-0.1, -0.05) is 12.1 Å². The summed E-state index contributed by atoms with van der Waals surface area (Å²) in [4.78, 5) is 11.9. The molecule has 0 saturated carbocycles. The Morgan fingerprint density at radius 1 is 1.43 bits per heavy atom. The van der Waals surface area contributed by atoms with E-state index in [1.54, 1.807) is 38.3 Å². The summed E-state index contributed by atoms with van der Waals surface area (Å²) in [5.41, 5.74) is 5.67. The number of nitrogens with one attached hydrogen (secondary N) is 1. The molecular formula is C15H24N2O4. The molecule has 1 amide bonds. The van der Waals surface area contributed by atoms with Crippen LogP contribution in [0.2, 0.25) is 0 Å². The van der Waals surface area contributed by atoms with E-state index in [1.807, 2.05) is 0 Å². The van der Waals surface area contributed by atoms with Gasteiger partial charge >= 0.3 is 0 Å². The Hall–Kier alpha value is -1.63. The molecule has 2 unspecified atom stereocenters. The lowest BCUT2D eigenvalue weighted by Gasteiger charge is -2.24. The van der Waals surface area contributed by atoms with Gasteiger partial charge in [-0.15, -0.1) is 0 Å². The molecule has 0 heterocycles. The molecule has 0 aliphatic carbocycles. The molecule has 0 bridgehead atoms. The van der Waals surface area contributed by atoms with Crippen molar-refractivity contribution in [3.63, 3.8) is 0 Å². The van der Waals surface area contributed by atoms with Crippen molar-refractivity contribution in [1.29, 1.82) is 0 Å². The average molecular weight is 296 g/mol. The molecule has 2 atom stereocenters. The number of aromatic hydroxyl groups is 1. The van der Waals surface area contributed by atoms with Gasteiger partial charge in [-0.05, 0) is 31.0 Å². The fraction of sp³-hybridized carbons (Fsp3) is 0.533. The molecule has 5 N–H and O–H groups in total. The van der Waals surface area contributed by atoms with Gasteiger partial charge in [0.1, 0.15) is 5.75 Å². The summed E-state index contributed by atoms with van der Waals surface area (Å²) < 4.78 is 4.90. The van der Waals surface area contributed by atoms with Crippen molar-refractivity contribution in [2.75, 3.05) is 20.3 Å². The number of ether oxygens (including phenoxy) is 1. The quantitative estimate of drug-likeness (QED) is 0.547. The summed E-state index contributed by atoms with van der Waals surface area (Å²) in [6.07, 6.45) is 0.795.